The van der Waals surface area contributed by atoms with Gasteiger partial charge in [-0.15, -0.1) is 0 Å². The van der Waals surface area contributed by atoms with Gasteiger partial charge >= 0.3 is 0 Å². The zero-order chi connectivity index (χ0) is 7.56. The quantitative estimate of drug-likeness (QED) is 0.599. The van der Waals surface area contributed by atoms with Gasteiger partial charge in [-0.25, -0.2) is 0 Å². The van der Waals surface area contributed by atoms with Crippen molar-refractivity contribution < 1.29 is 0 Å². The molecule has 0 atom stereocenters. The Morgan fingerprint density at radius 1 is 1.40 bits per heavy atom. The van der Waals surface area contributed by atoms with Crippen LogP contribution in [-0.4, -0.2) is 0 Å². The minimum atomic E-state index is 1.20. The fourth-order valence-electron chi connectivity index (χ4n) is 0.712. The molecule has 10 heavy (non-hydrogen) atoms. The lowest BCUT2D eigenvalue weighted by molar-refractivity contribution is 1.46. The number of hydrogen-bond donors (Lipinski definition) is 1. The van der Waals surface area contributed by atoms with Gasteiger partial charge in [0, 0.05) is 3.57 Å². The van der Waals surface area contributed by atoms with Crippen molar-refractivity contribution in [3.05, 3.63) is 27.3 Å². The molecular formula is C7H7I2N. The zero-order valence-electron chi connectivity index (χ0n) is 5.49. The van der Waals surface area contributed by atoms with Crippen LogP contribution in [-0.2, 0) is 0 Å². The van der Waals surface area contributed by atoms with E-state index in [1.54, 1.807) is 0 Å². The van der Waals surface area contributed by atoms with Crippen LogP contribution >= 0.6 is 45.5 Å². The molecule has 0 fully saturated rings. The van der Waals surface area contributed by atoms with Crippen LogP contribution in [0.1, 0.15) is 5.56 Å². The molecule has 0 aliphatic carbocycles. The van der Waals surface area contributed by atoms with E-state index in [2.05, 4.69) is 74.1 Å². The Kier molecular flexibility index (Phi) is 3.22. The molecule has 0 saturated heterocycles. The Bertz CT molecular complexity index is 235. The number of aryl methyl sites for hydroxylation is 1. The summed E-state index contributed by atoms with van der Waals surface area (Å²) in [5.41, 5.74) is 2.49. The van der Waals surface area contributed by atoms with E-state index in [-0.39, 0.29) is 0 Å². The maximum Gasteiger partial charge on any atom is 0.0565 e. The van der Waals surface area contributed by atoms with E-state index in [9.17, 15) is 0 Å². The molecule has 1 nitrogen and oxygen atoms in total. The smallest absolute Gasteiger partial charge is 0.0565 e. The van der Waals surface area contributed by atoms with E-state index in [4.69, 9.17) is 0 Å². The first kappa shape index (κ1) is 8.58. The first-order valence-corrected chi connectivity index (χ1v) is 5.02. The third kappa shape index (κ3) is 1.98. The molecule has 0 saturated carbocycles. The van der Waals surface area contributed by atoms with Crippen LogP contribution in [0.15, 0.2) is 18.2 Å². The number of nitrogens with one attached hydrogen (secondary N) is 1. The van der Waals surface area contributed by atoms with Crippen molar-refractivity contribution in [1.82, 2.24) is 0 Å². The summed E-state index contributed by atoms with van der Waals surface area (Å²) in [5, 5.41) is 0. The normalized spacial score (nSPS) is 9.50. The van der Waals surface area contributed by atoms with Crippen LogP contribution in [0.3, 0.4) is 0 Å². The van der Waals surface area contributed by atoms with E-state index in [0.29, 0.717) is 0 Å². The summed E-state index contributed by atoms with van der Waals surface area (Å²) >= 11 is 4.45. The van der Waals surface area contributed by atoms with Crippen LogP contribution in [0.25, 0.3) is 0 Å². The molecule has 1 aromatic rings. The van der Waals surface area contributed by atoms with Crippen LogP contribution in [0.2, 0.25) is 0 Å². The molecule has 54 valence electrons. The summed E-state index contributed by atoms with van der Waals surface area (Å²) in [5.74, 6) is 0. The lowest BCUT2D eigenvalue weighted by Crippen LogP contribution is -1.84. The molecule has 0 aliphatic rings. The predicted octanol–water partition coefficient (Wildman–Crippen LogP) is 3.36. The molecule has 0 bridgehead atoms. The molecule has 0 aliphatic heterocycles. The molecule has 1 rings (SSSR count). The van der Waals surface area contributed by atoms with Gasteiger partial charge in [0.25, 0.3) is 0 Å². The molecule has 0 amide bonds. The van der Waals surface area contributed by atoms with Crippen LogP contribution in [0.5, 0.6) is 0 Å². The number of hydrogen-bond acceptors (Lipinski definition) is 1. The number of benzene rings is 1. The van der Waals surface area contributed by atoms with Gasteiger partial charge in [-0.3, -0.25) is 0 Å². The monoisotopic (exact) mass is 359 g/mol. The molecule has 0 heterocycles. The largest absolute Gasteiger partial charge is 0.327 e. The maximum absolute atomic E-state index is 3.10. The SMILES string of the molecule is Cc1ccc(I)c(NI)c1. The third-order valence-corrected chi connectivity index (χ3v) is 2.75. The van der Waals surface area contributed by atoms with Gasteiger partial charge in [0.2, 0.25) is 0 Å². The minimum absolute atomic E-state index is 1.20. The molecule has 1 aromatic carbocycles. The number of halogens is 2. The predicted molar refractivity (Wildman–Crippen MR) is 61.5 cm³/mol. The topological polar surface area (TPSA) is 12.0 Å². The van der Waals surface area contributed by atoms with E-state index >= 15 is 0 Å². The second kappa shape index (κ2) is 3.75. The highest BCUT2D eigenvalue weighted by atomic mass is 127. The van der Waals surface area contributed by atoms with Gasteiger partial charge in [-0.1, -0.05) is 6.07 Å². The van der Waals surface area contributed by atoms with Crippen molar-refractivity contribution in [2.75, 3.05) is 3.53 Å². The van der Waals surface area contributed by atoms with Crippen LogP contribution < -0.4 is 3.53 Å². The minimum Gasteiger partial charge on any atom is -0.327 e. The number of anilines is 1. The van der Waals surface area contributed by atoms with E-state index < -0.39 is 0 Å². The second-order valence-electron chi connectivity index (χ2n) is 2.08. The fourth-order valence-corrected chi connectivity index (χ4v) is 2.14. The molecule has 3 heteroatoms. The maximum atomic E-state index is 3.10. The van der Waals surface area contributed by atoms with Gasteiger partial charge in [-0.05, 0) is 47.2 Å². The summed E-state index contributed by atoms with van der Waals surface area (Å²) in [6.45, 7) is 2.09. The average molecular weight is 359 g/mol. The first-order chi connectivity index (χ1) is 4.74. The van der Waals surface area contributed by atoms with Gasteiger partial charge in [-0.2, -0.15) is 0 Å². The molecule has 0 unspecified atom stereocenters. The average Bonchev–Trinajstić information content (AvgIpc) is 1.94. The van der Waals surface area contributed by atoms with Gasteiger partial charge in [0.15, 0.2) is 0 Å². The molecule has 0 radical (unpaired) electrons. The molecule has 0 spiro atoms. The summed E-state index contributed by atoms with van der Waals surface area (Å²) in [4.78, 5) is 0. The Morgan fingerprint density at radius 3 is 2.60 bits per heavy atom. The molecular weight excluding hydrogens is 352 g/mol. The Morgan fingerprint density at radius 2 is 2.10 bits per heavy atom. The summed E-state index contributed by atoms with van der Waals surface area (Å²) < 4.78 is 4.36. The summed E-state index contributed by atoms with van der Waals surface area (Å²) in [6, 6.07) is 6.35. The third-order valence-electron chi connectivity index (χ3n) is 1.22. The highest BCUT2D eigenvalue weighted by Crippen LogP contribution is 2.20. The molecule has 1 N–H and O–H groups in total. The van der Waals surface area contributed by atoms with Crippen molar-refractivity contribution in [2.24, 2.45) is 0 Å². The van der Waals surface area contributed by atoms with Crippen molar-refractivity contribution in [1.29, 1.82) is 0 Å². The molecule has 0 aromatic heterocycles. The lowest BCUT2D eigenvalue weighted by atomic mass is 10.2. The van der Waals surface area contributed by atoms with Crippen molar-refractivity contribution >= 4 is 51.1 Å². The van der Waals surface area contributed by atoms with Gasteiger partial charge < -0.3 is 3.53 Å². The van der Waals surface area contributed by atoms with E-state index in [0.717, 1.165) is 0 Å². The van der Waals surface area contributed by atoms with Crippen molar-refractivity contribution in [3.63, 3.8) is 0 Å². The van der Waals surface area contributed by atoms with Crippen molar-refractivity contribution in [3.8, 4) is 0 Å². The highest BCUT2D eigenvalue weighted by molar-refractivity contribution is 14.1. The van der Waals surface area contributed by atoms with Crippen molar-refractivity contribution in [2.45, 2.75) is 6.92 Å². The summed E-state index contributed by atoms with van der Waals surface area (Å²) in [6.07, 6.45) is 0. The van der Waals surface area contributed by atoms with Crippen LogP contribution in [0.4, 0.5) is 5.69 Å². The fraction of sp³-hybridized carbons (Fsp3) is 0.143. The second-order valence-corrected chi connectivity index (χ2v) is 3.78. The zero-order valence-corrected chi connectivity index (χ0v) is 9.80. The van der Waals surface area contributed by atoms with Gasteiger partial charge in [0.1, 0.15) is 0 Å². The first-order valence-electron chi connectivity index (χ1n) is 2.87. The van der Waals surface area contributed by atoms with E-state index in [1.165, 1.54) is 14.8 Å². The summed E-state index contributed by atoms with van der Waals surface area (Å²) in [7, 11) is 0. The van der Waals surface area contributed by atoms with Gasteiger partial charge in [0.05, 0.1) is 28.6 Å². The Labute approximate surface area is 88.2 Å². The highest BCUT2D eigenvalue weighted by Gasteiger charge is 1.95. The van der Waals surface area contributed by atoms with Crippen LogP contribution in [0, 0.1) is 10.5 Å². The standard InChI is InChI=1S/C7H7I2N/c1-5-2-3-6(8)7(4-5)10-9/h2-4,10H,1H3. The lowest BCUT2D eigenvalue weighted by Gasteiger charge is -2.01. The number of rotatable bonds is 1. The Balaban J connectivity index is 3.09. The van der Waals surface area contributed by atoms with E-state index in [1.807, 2.05) is 0 Å². The Hall–Kier alpha value is 0.480.